The Bertz CT molecular complexity index is 1380. The molecule has 4 nitrogen and oxygen atoms in total. The first-order chi connectivity index (χ1) is 15.1. The largest absolute Gasteiger partial charge is 0.317 e. The lowest BCUT2D eigenvalue weighted by Crippen LogP contribution is -2.19. The van der Waals surface area contributed by atoms with E-state index in [2.05, 4.69) is 58.2 Å². The highest BCUT2D eigenvalue weighted by Crippen LogP contribution is 2.30. The number of aromatic nitrogens is 1. The Balaban J connectivity index is 1.45. The van der Waals surface area contributed by atoms with Gasteiger partial charge in [0, 0.05) is 17.6 Å². The van der Waals surface area contributed by atoms with Crippen molar-refractivity contribution in [1.29, 1.82) is 0 Å². The molecule has 4 aromatic rings. The summed E-state index contributed by atoms with van der Waals surface area (Å²) in [6, 6.07) is 24.8. The van der Waals surface area contributed by atoms with Gasteiger partial charge in [0.15, 0.2) is 5.17 Å². The summed E-state index contributed by atoms with van der Waals surface area (Å²) in [6.45, 7) is 4.09. The fourth-order valence-electron chi connectivity index (χ4n) is 3.73. The van der Waals surface area contributed by atoms with Crippen molar-refractivity contribution in [2.45, 2.75) is 13.8 Å². The molecule has 0 radical (unpaired) electrons. The molecule has 2 heterocycles. The first-order valence-corrected chi connectivity index (χ1v) is 10.9. The standard InChI is InChI=1S/C26H21N3OS/c1-17-9-12-23(18(2)14-17)27-26-28-25(30)24(31-26)16-21-8-5-13-29(21)22-11-10-19-6-3-4-7-20(19)15-22/h3-16H,1-2H3,(H,27,28,30)/b24-16-. The topological polar surface area (TPSA) is 46.4 Å². The van der Waals surface area contributed by atoms with Gasteiger partial charge in [-0.25, -0.2) is 4.99 Å². The van der Waals surface area contributed by atoms with Crippen LogP contribution in [-0.2, 0) is 4.79 Å². The van der Waals surface area contributed by atoms with E-state index >= 15 is 0 Å². The first-order valence-electron chi connectivity index (χ1n) is 10.1. The third kappa shape index (κ3) is 3.92. The molecule has 1 amide bonds. The second-order valence-electron chi connectivity index (χ2n) is 7.61. The molecule has 1 N–H and O–H groups in total. The van der Waals surface area contributed by atoms with Gasteiger partial charge in [0.25, 0.3) is 5.91 Å². The second-order valence-corrected chi connectivity index (χ2v) is 8.64. The number of nitrogens with zero attached hydrogens (tertiary/aromatic N) is 2. The minimum atomic E-state index is -0.125. The van der Waals surface area contributed by atoms with E-state index in [0.29, 0.717) is 10.1 Å². The predicted molar refractivity (Wildman–Crippen MR) is 130 cm³/mol. The smallest absolute Gasteiger partial charge is 0.264 e. The number of hydrogen-bond acceptors (Lipinski definition) is 3. The quantitative estimate of drug-likeness (QED) is 0.402. The average molecular weight is 424 g/mol. The molecular formula is C26H21N3OS. The molecule has 0 aliphatic carbocycles. The Kier molecular flexibility index (Phi) is 4.96. The van der Waals surface area contributed by atoms with Crippen LogP contribution in [-0.4, -0.2) is 15.6 Å². The predicted octanol–water partition coefficient (Wildman–Crippen LogP) is 6.14. The number of amides is 1. The third-order valence-corrected chi connectivity index (χ3v) is 6.21. The highest BCUT2D eigenvalue weighted by atomic mass is 32.2. The second kappa shape index (κ2) is 7.93. The van der Waals surface area contributed by atoms with Crippen LogP contribution in [0.5, 0.6) is 0 Å². The summed E-state index contributed by atoms with van der Waals surface area (Å²) < 4.78 is 2.09. The van der Waals surface area contributed by atoms with E-state index < -0.39 is 0 Å². The van der Waals surface area contributed by atoms with Crippen LogP contribution in [0.4, 0.5) is 5.69 Å². The maximum Gasteiger partial charge on any atom is 0.264 e. The molecule has 0 atom stereocenters. The normalized spacial score (nSPS) is 16.4. The van der Waals surface area contributed by atoms with Crippen LogP contribution in [0.15, 0.2) is 88.9 Å². The molecular weight excluding hydrogens is 402 g/mol. The van der Waals surface area contributed by atoms with Crippen molar-refractivity contribution in [2.75, 3.05) is 0 Å². The number of thioether (sulfide) groups is 1. The lowest BCUT2D eigenvalue weighted by Gasteiger charge is -2.08. The van der Waals surface area contributed by atoms with Crippen LogP contribution < -0.4 is 5.32 Å². The minimum absolute atomic E-state index is 0.125. The zero-order valence-corrected chi connectivity index (χ0v) is 18.1. The van der Waals surface area contributed by atoms with Crippen molar-refractivity contribution >= 4 is 45.4 Å². The monoisotopic (exact) mass is 423 g/mol. The molecule has 1 saturated heterocycles. The van der Waals surface area contributed by atoms with Crippen LogP contribution in [0.1, 0.15) is 16.8 Å². The molecule has 31 heavy (non-hydrogen) atoms. The minimum Gasteiger partial charge on any atom is -0.317 e. The van der Waals surface area contributed by atoms with Crippen LogP contribution in [0.2, 0.25) is 0 Å². The van der Waals surface area contributed by atoms with Crippen molar-refractivity contribution in [3.63, 3.8) is 0 Å². The van der Waals surface area contributed by atoms with E-state index in [9.17, 15) is 4.79 Å². The van der Waals surface area contributed by atoms with Gasteiger partial charge in [0.2, 0.25) is 0 Å². The number of rotatable bonds is 3. The third-order valence-electron chi connectivity index (χ3n) is 5.30. The molecule has 0 saturated carbocycles. The maximum absolute atomic E-state index is 12.6. The number of amidine groups is 1. The molecule has 152 valence electrons. The summed E-state index contributed by atoms with van der Waals surface area (Å²) in [5, 5.41) is 5.88. The summed E-state index contributed by atoms with van der Waals surface area (Å²) in [7, 11) is 0. The highest BCUT2D eigenvalue weighted by Gasteiger charge is 2.24. The molecule has 1 aliphatic rings. The van der Waals surface area contributed by atoms with Gasteiger partial charge in [-0.3, -0.25) is 4.79 Å². The van der Waals surface area contributed by atoms with Crippen LogP contribution in [0, 0.1) is 13.8 Å². The zero-order chi connectivity index (χ0) is 21.4. The summed E-state index contributed by atoms with van der Waals surface area (Å²) in [5.74, 6) is -0.125. The van der Waals surface area contributed by atoms with Gasteiger partial charge in [-0.2, -0.15) is 0 Å². The molecule has 1 fully saturated rings. The first kappa shape index (κ1) is 19.4. The number of aliphatic imine (C=N–C) groups is 1. The van der Waals surface area contributed by atoms with Crippen molar-refractivity contribution in [1.82, 2.24) is 9.88 Å². The maximum atomic E-state index is 12.6. The van der Waals surface area contributed by atoms with E-state index in [1.165, 1.54) is 28.1 Å². The van der Waals surface area contributed by atoms with Gasteiger partial charge in [0.1, 0.15) is 0 Å². The number of aryl methyl sites for hydroxylation is 2. The highest BCUT2D eigenvalue weighted by molar-refractivity contribution is 8.18. The molecule has 5 heteroatoms. The zero-order valence-electron chi connectivity index (χ0n) is 17.3. The van der Waals surface area contributed by atoms with Crippen LogP contribution in [0.25, 0.3) is 22.5 Å². The number of carbonyl (C=O) groups is 1. The summed E-state index contributed by atoms with van der Waals surface area (Å²) in [4.78, 5) is 17.8. The number of hydrogen-bond donors (Lipinski definition) is 1. The van der Waals surface area contributed by atoms with Gasteiger partial charge in [0.05, 0.1) is 10.6 Å². The van der Waals surface area contributed by atoms with E-state index in [-0.39, 0.29) is 5.91 Å². The molecule has 0 bridgehead atoms. The fourth-order valence-corrected chi connectivity index (χ4v) is 4.55. The Morgan fingerprint density at radius 3 is 2.61 bits per heavy atom. The Hall–Kier alpha value is -3.57. The number of nitrogens with one attached hydrogen (secondary N) is 1. The molecule has 1 aromatic heterocycles. The van der Waals surface area contributed by atoms with Gasteiger partial charge in [-0.1, -0.05) is 48.0 Å². The van der Waals surface area contributed by atoms with Crippen molar-refractivity contribution in [3.05, 3.63) is 101 Å². The van der Waals surface area contributed by atoms with Gasteiger partial charge in [-0.15, -0.1) is 0 Å². The van der Waals surface area contributed by atoms with Crippen molar-refractivity contribution in [2.24, 2.45) is 4.99 Å². The molecule has 3 aromatic carbocycles. The van der Waals surface area contributed by atoms with Gasteiger partial charge < -0.3 is 9.88 Å². The SMILES string of the molecule is Cc1ccc(N=C2NC(=O)/C(=C/c3cccn3-c3ccc4ccccc4c3)S2)c(C)c1. The Morgan fingerprint density at radius 2 is 1.77 bits per heavy atom. The molecule has 5 rings (SSSR count). The molecule has 0 spiro atoms. The van der Waals surface area contributed by atoms with E-state index in [1.54, 1.807) is 0 Å². The molecule has 1 aliphatic heterocycles. The average Bonchev–Trinajstić information content (AvgIpc) is 3.36. The van der Waals surface area contributed by atoms with Crippen molar-refractivity contribution < 1.29 is 4.79 Å². The van der Waals surface area contributed by atoms with E-state index in [0.717, 1.165) is 22.6 Å². The Morgan fingerprint density at radius 1 is 0.935 bits per heavy atom. The van der Waals surface area contributed by atoms with Crippen molar-refractivity contribution in [3.8, 4) is 5.69 Å². The van der Waals surface area contributed by atoms with Crippen LogP contribution >= 0.6 is 11.8 Å². The lowest BCUT2D eigenvalue weighted by molar-refractivity contribution is -0.115. The van der Waals surface area contributed by atoms with Gasteiger partial charge >= 0.3 is 0 Å². The van der Waals surface area contributed by atoms with E-state index in [4.69, 9.17) is 0 Å². The Labute approximate surface area is 185 Å². The number of carbonyl (C=O) groups excluding carboxylic acids is 1. The van der Waals surface area contributed by atoms with Crippen LogP contribution in [0.3, 0.4) is 0 Å². The fraction of sp³-hybridized carbons (Fsp3) is 0.0769. The lowest BCUT2D eigenvalue weighted by atomic mass is 10.1. The number of benzene rings is 3. The van der Waals surface area contributed by atoms with Gasteiger partial charge in [-0.05, 0) is 78.4 Å². The van der Waals surface area contributed by atoms with E-state index in [1.807, 2.05) is 55.6 Å². The summed E-state index contributed by atoms with van der Waals surface area (Å²) in [5.41, 5.74) is 5.16. The number of fused-ring (bicyclic) bond motifs is 1. The molecule has 0 unspecified atom stereocenters. The summed E-state index contributed by atoms with van der Waals surface area (Å²) >= 11 is 1.37. The summed E-state index contributed by atoms with van der Waals surface area (Å²) in [6.07, 6.45) is 3.93.